The second-order valence-electron chi connectivity index (χ2n) is 4.60. The maximum absolute atomic E-state index is 11.4. The fourth-order valence-electron chi connectivity index (χ4n) is 1.92. The molecule has 0 aliphatic carbocycles. The number of nitro groups is 1. The first-order valence-electron chi connectivity index (χ1n) is 6.93. The van der Waals surface area contributed by atoms with E-state index in [9.17, 15) is 14.9 Å². The maximum Gasteiger partial charge on any atom is 0.331 e. The molecule has 0 aliphatic rings. The Morgan fingerprint density at radius 3 is 2.83 bits per heavy atom. The molecule has 2 aromatic rings. The van der Waals surface area contributed by atoms with Crippen molar-refractivity contribution in [1.29, 1.82) is 0 Å². The summed E-state index contributed by atoms with van der Waals surface area (Å²) in [6.45, 7) is 3.58. The number of methoxy groups -OCH3 is 1. The van der Waals surface area contributed by atoms with Gasteiger partial charge in [0.05, 0.1) is 23.7 Å². The zero-order chi connectivity index (χ0) is 17.5. The number of rotatable bonds is 7. The fraction of sp³-hybridized carbons (Fsp3) is 0.118. The van der Waals surface area contributed by atoms with Gasteiger partial charge < -0.3 is 13.9 Å². The van der Waals surface area contributed by atoms with Crippen molar-refractivity contribution in [3.63, 3.8) is 0 Å². The van der Waals surface area contributed by atoms with Crippen LogP contribution in [0.2, 0.25) is 0 Å². The molecule has 0 N–H and O–H groups in total. The molecule has 0 bridgehead atoms. The zero-order valence-electron chi connectivity index (χ0n) is 12.9. The van der Waals surface area contributed by atoms with Gasteiger partial charge in [-0.25, -0.2) is 4.79 Å². The summed E-state index contributed by atoms with van der Waals surface area (Å²) in [5.74, 6) is 0.696. The largest absolute Gasteiger partial charge is 0.496 e. The third-order valence-electron chi connectivity index (χ3n) is 3.02. The first kappa shape index (κ1) is 17.0. The molecular formula is C17H15NO6. The first-order valence-corrected chi connectivity index (χ1v) is 6.93. The predicted octanol–water partition coefficient (Wildman–Crippen LogP) is 3.61. The van der Waals surface area contributed by atoms with Crippen molar-refractivity contribution in [3.8, 4) is 17.1 Å². The van der Waals surface area contributed by atoms with Gasteiger partial charge in [0.2, 0.25) is 0 Å². The number of esters is 1. The van der Waals surface area contributed by atoms with Crippen molar-refractivity contribution < 1.29 is 23.6 Å². The highest BCUT2D eigenvalue weighted by Crippen LogP contribution is 2.34. The molecule has 1 aromatic heterocycles. The number of ether oxygens (including phenoxy) is 2. The van der Waals surface area contributed by atoms with Gasteiger partial charge in [-0.2, -0.15) is 0 Å². The van der Waals surface area contributed by atoms with E-state index in [0.717, 1.165) is 0 Å². The van der Waals surface area contributed by atoms with Crippen molar-refractivity contribution in [2.45, 2.75) is 0 Å². The molecule has 0 fully saturated rings. The Hall–Kier alpha value is -3.35. The summed E-state index contributed by atoms with van der Waals surface area (Å²) in [4.78, 5) is 21.7. The van der Waals surface area contributed by atoms with Gasteiger partial charge in [0, 0.05) is 12.1 Å². The van der Waals surface area contributed by atoms with Crippen LogP contribution < -0.4 is 4.74 Å². The lowest BCUT2D eigenvalue weighted by Gasteiger charge is -2.05. The number of hydrogen-bond donors (Lipinski definition) is 0. The summed E-state index contributed by atoms with van der Waals surface area (Å²) in [5, 5.41) is 10.8. The Bertz CT molecular complexity index is 790. The van der Waals surface area contributed by atoms with E-state index in [-0.39, 0.29) is 12.3 Å². The molecule has 0 radical (unpaired) electrons. The molecular weight excluding hydrogens is 314 g/mol. The Kier molecular flexibility index (Phi) is 5.51. The van der Waals surface area contributed by atoms with Gasteiger partial charge in [0.15, 0.2) is 0 Å². The molecule has 0 amide bonds. The maximum atomic E-state index is 11.4. The summed E-state index contributed by atoms with van der Waals surface area (Å²) in [5.41, 5.74) is 0.490. The Morgan fingerprint density at radius 1 is 1.38 bits per heavy atom. The summed E-state index contributed by atoms with van der Waals surface area (Å²) >= 11 is 0. The van der Waals surface area contributed by atoms with Crippen LogP contribution in [0, 0.1) is 10.1 Å². The number of nitrogens with zero attached hydrogens (tertiary/aromatic N) is 1. The van der Waals surface area contributed by atoms with E-state index in [4.69, 9.17) is 13.9 Å². The van der Waals surface area contributed by atoms with Gasteiger partial charge in [-0.15, -0.1) is 0 Å². The second kappa shape index (κ2) is 7.77. The van der Waals surface area contributed by atoms with Gasteiger partial charge >= 0.3 is 5.97 Å². The van der Waals surface area contributed by atoms with Crippen LogP contribution in [0.3, 0.4) is 0 Å². The van der Waals surface area contributed by atoms with E-state index in [1.807, 2.05) is 0 Å². The lowest BCUT2D eigenvalue weighted by atomic mass is 10.1. The summed E-state index contributed by atoms with van der Waals surface area (Å²) in [6, 6.07) is 7.57. The van der Waals surface area contributed by atoms with Crippen LogP contribution in [0.5, 0.6) is 5.75 Å². The fourth-order valence-corrected chi connectivity index (χ4v) is 1.92. The van der Waals surface area contributed by atoms with Crippen molar-refractivity contribution in [1.82, 2.24) is 0 Å². The summed E-state index contributed by atoms with van der Waals surface area (Å²) in [7, 11) is 1.42. The summed E-state index contributed by atoms with van der Waals surface area (Å²) in [6.07, 6.45) is 4.17. The monoisotopic (exact) mass is 329 g/mol. The van der Waals surface area contributed by atoms with Crippen LogP contribution in [-0.4, -0.2) is 24.6 Å². The highest BCUT2D eigenvalue weighted by molar-refractivity contribution is 5.86. The molecule has 1 heterocycles. The van der Waals surface area contributed by atoms with Gasteiger partial charge in [-0.1, -0.05) is 12.7 Å². The SMILES string of the molecule is C=CCOC(=O)/C=C/c1ccc(-c2ccc([N+](=O)[O-])cc2OC)o1. The molecule has 0 spiro atoms. The highest BCUT2D eigenvalue weighted by Gasteiger charge is 2.15. The molecule has 2 rings (SSSR count). The Balaban J connectivity index is 2.21. The van der Waals surface area contributed by atoms with Crippen molar-refractivity contribution in [3.05, 3.63) is 64.9 Å². The van der Waals surface area contributed by atoms with E-state index in [0.29, 0.717) is 22.8 Å². The molecule has 7 nitrogen and oxygen atoms in total. The minimum atomic E-state index is -0.513. The molecule has 0 unspecified atom stereocenters. The number of benzene rings is 1. The zero-order valence-corrected chi connectivity index (χ0v) is 12.9. The molecule has 0 saturated heterocycles. The third-order valence-corrected chi connectivity index (χ3v) is 3.02. The quantitative estimate of drug-likeness (QED) is 0.253. The topological polar surface area (TPSA) is 91.8 Å². The lowest BCUT2D eigenvalue weighted by Crippen LogP contribution is -1.99. The van der Waals surface area contributed by atoms with Crippen molar-refractivity contribution in [2.24, 2.45) is 0 Å². The van der Waals surface area contributed by atoms with Gasteiger partial charge in [0.25, 0.3) is 5.69 Å². The van der Waals surface area contributed by atoms with Crippen LogP contribution in [0.25, 0.3) is 17.4 Å². The van der Waals surface area contributed by atoms with Crippen LogP contribution in [-0.2, 0) is 9.53 Å². The molecule has 0 aliphatic heterocycles. The molecule has 24 heavy (non-hydrogen) atoms. The highest BCUT2D eigenvalue weighted by atomic mass is 16.6. The average molecular weight is 329 g/mol. The number of carbonyl (C=O) groups excluding carboxylic acids is 1. The average Bonchev–Trinajstić information content (AvgIpc) is 3.06. The van der Waals surface area contributed by atoms with E-state index in [1.54, 1.807) is 18.2 Å². The Morgan fingerprint density at radius 2 is 2.17 bits per heavy atom. The number of non-ortho nitro benzene ring substituents is 1. The van der Waals surface area contributed by atoms with Gasteiger partial charge in [-0.05, 0) is 24.3 Å². The number of carbonyl (C=O) groups is 1. The van der Waals surface area contributed by atoms with E-state index >= 15 is 0 Å². The second-order valence-corrected chi connectivity index (χ2v) is 4.60. The predicted molar refractivity (Wildman–Crippen MR) is 87.5 cm³/mol. The standard InChI is InChI=1S/C17H15NO6/c1-3-10-23-17(19)9-6-13-5-8-15(24-13)14-7-4-12(18(20)21)11-16(14)22-2/h3-9,11H,1,10H2,2H3/b9-6+. The molecule has 0 atom stereocenters. The molecule has 124 valence electrons. The smallest absolute Gasteiger partial charge is 0.331 e. The number of furan rings is 1. The normalized spacial score (nSPS) is 10.5. The minimum Gasteiger partial charge on any atom is -0.496 e. The van der Waals surface area contributed by atoms with Crippen LogP contribution in [0.1, 0.15) is 5.76 Å². The van der Waals surface area contributed by atoms with Crippen LogP contribution in [0.15, 0.2) is 53.5 Å². The molecule has 1 aromatic carbocycles. The molecule has 7 heteroatoms. The van der Waals surface area contributed by atoms with Gasteiger partial charge in [0.1, 0.15) is 23.9 Å². The Labute approximate surface area is 137 Å². The lowest BCUT2D eigenvalue weighted by molar-refractivity contribution is -0.384. The third kappa shape index (κ3) is 4.10. The van der Waals surface area contributed by atoms with Crippen LogP contribution >= 0.6 is 0 Å². The summed E-state index contributed by atoms with van der Waals surface area (Å²) < 4.78 is 15.6. The van der Waals surface area contributed by atoms with E-state index in [1.165, 1.54) is 37.5 Å². The van der Waals surface area contributed by atoms with Gasteiger partial charge in [-0.3, -0.25) is 10.1 Å². The van der Waals surface area contributed by atoms with Crippen LogP contribution in [0.4, 0.5) is 5.69 Å². The minimum absolute atomic E-state index is 0.0766. The van der Waals surface area contributed by atoms with E-state index < -0.39 is 10.9 Å². The van der Waals surface area contributed by atoms with Crippen molar-refractivity contribution in [2.75, 3.05) is 13.7 Å². The number of hydrogen-bond acceptors (Lipinski definition) is 6. The van der Waals surface area contributed by atoms with E-state index in [2.05, 4.69) is 6.58 Å². The van der Waals surface area contributed by atoms with Crippen molar-refractivity contribution >= 4 is 17.7 Å². The molecule has 0 saturated carbocycles. The number of nitro benzene ring substituents is 1. The first-order chi connectivity index (χ1) is 11.5.